The average Bonchev–Trinajstić information content (AvgIpc) is 2.95. The van der Waals surface area contributed by atoms with Gasteiger partial charge in [0.15, 0.2) is 0 Å². The molecule has 19 heavy (non-hydrogen) atoms. The van der Waals surface area contributed by atoms with Gasteiger partial charge in [0.25, 0.3) is 0 Å². The summed E-state index contributed by atoms with van der Waals surface area (Å²) in [7, 11) is 0. The minimum atomic E-state index is 0.225. The first-order chi connectivity index (χ1) is 9.35. The van der Waals surface area contributed by atoms with Gasteiger partial charge in [0.05, 0.1) is 18.2 Å². The molecule has 0 saturated heterocycles. The van der Waals surface area contributed by atoms with Crippen LogP contribution in [0, 0.1) is 0 Å². The van der Waals surface area contributed by atoms with E-state index < -0.39 is 0 Å². The highest BCUT2D eigenvalue weighted by Crippen LogP contribution is 2.26. The number of benzene rings is 1. The molecule has 1 aromatic carbocycles. The first-order valence-electron chi connectivity index (χ1n) is 6.69. The van der Waals surface area contributed by atoms with Gasteiger partial charge in [-0.1, -0.05) is 19.1 Å². The third kappa shape index (κ3) is 3.78. The van der Waals surface area contributed by atoms with Crippen molar-refractivity contribution in [3.8, 4) is 5.75 Å². The summed E-state index contributed by atoms with van der Waals surface area (Å²) in [5.74, 6) is 0.921. The van der Waals surface area contributed by atoms with E-state index in [0.29, 0.717) is 6.61 Å². The number of nitrogens with one attached hydrogen (secondary N) is 1. The molecule has 2 aromatic rings. The summed E-state index contributed by atoms with van der Waals surface area (Å²) in [6.45, 7) is 5.87. The van der Waals surface area contributed by atoms with Crippen LogP contribution in [-0.4, -0.2) is 18.1 Å². The quantitative estimate of drug-likeness (QED) is 0.838. The Balaban J connectivity index is 2.17. The van der Waals surface area contributed by atoms with Crippen LogP contribution in [0.3, 0.4) is 0 Å². The van der Waals surface area contributed by atoms with E-state index in [-0.39, 0.29) is 6.04 Å². The fourth-order valence-corrected chi connectivity index (χ4v) is 2.68. The molecule has 0 radical (unpaired) electrons. The summed E-state index contributed by atoms with van der Waals surface area (Å²) in [5.41, 5.74) is 3.13. The Hall–Kier alpha value is -1.39. The predicted molar refractivity (Wildman–Crippen MR) is 79.9 cm³/mol. The molecule has 0 saturated carbocycles. The number of ether oxygens (including phenoxy) is 1. The standard InChI is InChI=1S/C15H20N2OS/c1-3-9-17-15(14-10-16-11-19-14)12-5-7-13(8-6-12)18-4-2/h5-8,10-11,15,17H,3-4,9H2,1-2H3. The lowest BCUT2D eigenvalue weighted by molar-refractivity contribution is 0.340. The van der Waals surface area contributed by atoms with E-state index in [9.17, 15) is 0 Å². The van der Waals surface area contributed by atoms with Crippen molar-refractivity contribution in [2.24, 2.45) is 0 Å². The minimum absolute atomic E-state index is 0.225. The Kier molecular flexibility index (Phi) is 5.36. The normalized spacial score (nSPS) is 12.3. The van der Waals surface area contributed by atoms with E-state index in [2.05, 4.69) is 29.4 Å². The molecule has 0 fully saturated rings. The second-order valence-corrected chi connectivity index (χ2v) is 5.21. The number of nitrogens with zero attached hydrogens (tertiary/aromatic N) is 1. The Morgan fingerprint density at radius 3 is 2.63 bits per heavy atom. The van der Waals surface area contributed by atoms with Crippen LogP contribution >= 0.6 is 11.3 Å². The zero-order valence-electron chi connectivity index (χ0n) is 11.4. The van der Waals surface area contributed by atoms with E-state index >= 15 is 0 Å². The van der Waals surface area contributed by atoms with Gasteiger partial charge in [0.2, 0.25) is 0 Å². The number of hydrogen-bond donors (Lipinski definition) is 1. The van der Waals surface area contributed by atoms with Gasteiger partial charge in [-0.15, -0.1) is 11.3 Å². The van der Waals surface area contributed by atoms with E-state index in [0.717, 1.165) is 18.7 Å². The van der Waals surface area contributed by atoms with Crippen LogP contribution < -0.4 is 10.1 Å². The zero-order valence-corrected chi connectivity index (χ0v) is 12.2. The van der Waals surface area contributed by atoms with Crippen LogP contribution in [-0.2, 0) is 0 Å². The number of rotatable bonds is 7. The summed E-state index contributed by atoms with van der Waals surface area (Å²) in [5, 5.41) is 3.57. The van der Waals surface area contributed by atoms with E-state index in [1.54, 1.807) is 11.3 Å². The first kappa shape index (κ1) is 14.0. The number of aromatic nitrogens is 1. The van der Waals surface area contributed by atoms with Crippen molar-refractivity contribution in [3.05, 3.63) is 46.4 Å². The van der Waals surface area contributed by atoms with Gasteiger partial charge in [-0.05, 0) is 37.6 Å². The van der Waals surface area contributed by atoms with Crippen LogP contribution in [0.5, 0.6) is 5.75 Å². The van der Waals surface area contributed by atoms with E-state index in [4.69, 9.17) is 4.74 Å². The Morgan fingerprint density at radius 1 is 1.26 bits per heavy atom. The predicted octanol–water partition coefficient (Wildman–Crippen LogP) is 3.63. The van der Waals surface area contributed by atoms with Crippen LogP contribution in [0.25, 0.3) is 0 Å². The molecule has 1 N–H and O–H groups in total. The zero-order chi connectivity index (χ0) is 13.5. The Morgan fingerprint density at radius 2 is 2.05 bits per heavy atom. The van der Waals surface area contributed by atoms with E-state index in [1.165, 1.54) is 10.4 Å². The number of hydrogen-bond acceptors (Lipinski definition) is 4. The summed E-state index contributed by atoms with van der Waals surface area (Å²) < 4.78 is 5.48. The van der Waals surface area contributed by atoms with Gasteiger partial charge in [0, 0.05) is 11.1 Å². The van der Waals surface area contributed by atoms with Gasteiger partial charge in [-0.25, -0.2) is 0 Å². The van der Waals surface area contributed by atoms with Crippen molar-refractivity contribution in [1.82, 2.24) is 10.3 Å². The molecule has 0 bridgehead atoms. The SMILES string of the molecule is CCCNC(c1ccc(OCC)cc1)c1cncs1. The Labute approximate surface area is 118 Å². The van der Waals surface area contributed by atoms with Crippen LogP contribution in [0.15, 0.2) is 36.0 Å². The molecule has 1 atom stereocenters. The summed E-state index contributed by atoms with van der Waals surface area (Å²) in [4.78, 5) is 5.43. The molecule has 0 aliphatic heterocycles. The topological polar surface area (TPSA) is 34.1 Å². The highest BCUT2D eigenvalue weighted by molar-refractivity contribution is 7.09. The number of thiazole rings is 1. The van der Waals surface area contributed by atoms with Gasteiger partial charge in [-0.3, -0.25) is 4.98 Å². The highest BCUT2D eigenvalue weighted by atomic mass is 32.1. The van der Waals surface area contributed by atoms with E-state index in [1.807, 2.05) is 30.8 Å². The lowest BCUT2D eigenvalue weighted by Gasteiger charge is -2.17. The second-order valence-electron chi connectivity index (χ2n) is 4.29. The molecule has 102 valence electrons. The fourth-order valence-electron chi connectivity index (χ4n) is 1.96. The maximum absolute atomic E-state index is 5.48. The molecule has 1 heterocycles. The summed E-state index contributed by atoms with van der Waals surface area (Å²) in [6, 6.07) is 8.53. The minimum Gasteiger partial charge on any atom is -0.494 e. The largest absolute Gasteiger partial charge is 0.494 e. The lowest BCUT2D eigenvalue weighted by atomic mass is 10.1. The second kappa shape index (κ2) is 7.26. The molecule has 1 unspecified atom stereocenters. The van der Waals surface area contributed by atoms with Gasteiger partial charge >= 0.3 is 0 Å². The van der Waals surface area contributed by atoms with Crippen molar-refractivity contribution >= 4 is 11.3 Å². The lowest BCUT2D eigenvalue weighted by Crippen LogP contribution is -2.22. The molecule has 2 rings (SSSR count). The molecular formula is C15H20N2OS. The van der Waals surface area contributed by atoms with Gasteiger partial charge in [0.1, 0.15) is 5.75 Å². The average molecular weight is 276 g/mol. The van der Waals surface area contributed by atoms with Gasteiger partial charge in [-0.2, -0.15) is 0 Å². The third-order valence-corrected chi connectivity index (χ3v) is 3.70. The molecule has 0 spiro atoms. The van der Waals surface area contributed by atoms with Crippen molar-refractivity contribution in [1.29, 1.82) is 0 Å². The van der Waals surface area contributed by atoms with Crippen molar-refractivity contribution in [2.45, 2.75) is 26.3 Å². The highest BCUT2D eigenvalue weighted by Gasteiger charge is 2.14. The molecule has 4 heteroatoms. The maximum atomic E-state index is 5.48. The molecule has 3 nitrogen and oxygen atoms in total. The maximum Gasteiger partial charge on any atom is 0.119 e. The van der Waals surface area contributed by atoms with Crippen molar-refractivity contribution in [3.63, 3.8) is 0 Å². The molecule has 1 aromatic heterocycles. The third-order valence-electron chi connectivity index (χ3n) is 2.86. The van der Waals surface area contributed by atoms with Crippen LogP contribution in [0.4, 0.5) is 0 Å². The first-order valence-corrected chi connectivity index (χ1v) is 7.57. The van der Waals surface area contributed by atoms with Crippen LogP contribution in [0.1, 0.15) is 36.8 Å². The molecule has 0 aliphatic rings. The van der Waals surface area contributed by atoms with Crippen LogP contribution in [0.2, 0.25) is 0 Å². The Bertz CT molecular complexity index is 467. The van der Waals surface area contributed by atoms with Crippen molar-refractivity contribution < 1.29 is 4.74 Å². The van der Waals surface area contributed by atoms with Gasteiger partial charge < -0.3 is 10.1 Å². The fraction of sp³-hybridized carbons (Fsp3) is 0.400. The molecule has 0 amide bonds. The van der Waals surface area contributed by atoms with Crippen molar-refractivity contribution in [2.75, 3.05) is 13.2 Å². The monoisotopic (exact) mass is 276 g/mol. The smallest absolute Gasteiger partial charge is 0.119 e. The molecule has 0 aliphatic carbocycles. The summed E-state index contributed by atoms with van der Waals surface area (Å²) >= 11 is 1.69. The summed E-state index contributed by atoms with van der Waals surface area (Å²) in [6.07, 6.45) is 3.06. The molecular weight excluding hydrogens is 256 g/mol.